The van der Waals surface area contributed by atoms with Crippen molar-refractivity contribution >= 4 is 23.2 Å². The summed E-state index contributed by atoms with van der Waals surface area (Å²) < 4.78 is 5.40. The van der Waals surface area contributed by atoms with Gasteiger partial charge in [0, 0.05) is 24.4 Å². The van der Waals surface area contributed by atoms with E-state index < -0.39 is 5.97 Å². The van der Waals surface area contributed by atoms with Crippen LogP contribution in [0.4, 0.5) is 0 Å². The Morgan fingerprint density at radius 3 is 2.86 bits per heavy atom. The molecule has 0 spiro atoms. The van der Waals surface area contributed by atoms with Crippen molar-refractivity contribution in [1.82, 2.24) is 4.90 Å². The number of rotatable bonds is 6. The lowest BCUT2D eigenvalue weighted by Gasteiger charge is -2.23. The maximum atomic E-state index is 12.6. The molecular formula is C15H21NO4S. The number of carboxylic acid groups (broad SMARTS) is 1. The van der Waals surface area contributed by atoms with Crippen LogP contribution in [0.5, 0.6) is 0 Å². The molecule has 0 aliphatic carbocycles. The zero-order valence-corrected chi connectivity index (χ0v) is 13.2. The molecule has 1 amide bonds. The highest BCUT2D eigenvalue weighted by Gasteiger charge is 2.22. The van der Waals surface area contributed by atoms with Crippen LogP contribution in [0.2, 0.25) is 0 Å². The van der Waals surface area contributed by atoms with Crippen LogP contribution in [0.25, 0.3) is 0 Å². The van der Waals surface area contributed by atoms with Gasteiger partial charge in [0.2, 0.25) is 0 Å². The predicted octanol–water partition coefficient (Wildman–Crippen LogP) is 2.39. The van der Waals surface area contributed by atoms with Crippen LogP contribution in [0.1, 0.15) is 40.4 Å². The van der Waals surface area contributed by atoms with Crippen LogP contribution in [0, 0.1) is 5.92 Å². The van der Waals surface area contributed by atoms with Crippen molar-refractivity contribution in [2.75, 3.05) is 19.7 Å². The number of carbonyl (C=O) groups excluding carboxylic acids is 1. The number of nitrogens with zero attached hydrogens (tertiary/aromatic N) is 1. The molecule has 116 valence electrons. The van der Waals surface area contributed by atoms with Crippen LogP contribution in [-0.4, -0.2) is 41.6 Å². The highest BCUT2D eigenvalue weighted by molar-refractivity contribution is 7.14. The molecule has 2 heterocycles. The molecule has 1 aliphatic heterocycles. The van der Waals surface area contributed by atoms with Gasteiger partial charge in [-0.1, -0.05) is 13.8 Å². The van der Waals surface area contributed by atoms with Crippen LogP contribution in [0.15, 0.2) is 6.07 Å². The molecule has 21 heavy (non-hydrogen) atoms. The number of carboxylic acids is 1. The van der Waals surface area contributed by atoms with Crippen LogP contribution in [0.3, 0.4) is 0 Å². The minimum atomic E-state index is -0.879. The predicted molar refractivity (Wildman–Crippen MR) is 80.7 cm³/mol. The summed E-state index contributed by atoms with van der Waals surface area (Å²) in [5.41, 5.74) is 1.09. The maximum absolute atomic E-state index is 12.6. The summed E-state index contributed by atoms with van der Waals surface area (Å²) in [6.45, 7) is 6.15. The van der Waals surface area contributed by atoms with Crippen molar-refractivity contribution in [3.63, 3.8) is 0 Å². The first-order chi connectivity index (χ1) is 9.97. The van der Waals surface area contributed by atoms with Gasteiger partial charge in [0.15, 0.2) is 0 Å². The van der Waals surface area contributed by atoms with E-state index in [1.54, 1.807) is 4.90 Å². The van der Waals surface area contributed by atoms with Crippen LogP contribution < -0.4 is 0 Å². The Morgan fingerprint density at radius 1 is 1.48 bits per heavy atom. The molecule has 0 saturated heterocycles. The van der Waals surface area contributed by atoms with E-state index in [0.29, 0.717) is 30.6 Å². The van der Waals surface area contributed by atoms with E-state index in [1.807, 2.05) is 19.9 Å². The number of fused-ring (bicyclic) bond motifs is 1. The lowest BCUT2D eigenvalue weighted by Crippen LogP contribution is -2.35. The summed E-state index contributed by atoms with van der Waals surface area (Å²) in [7, 11) is 0. The quantitative estimate of drug-likeness (QED) is 0.876. The fourth-order valence-electron chi connectivity index (χ4n) is 2.36. The highest BCUT2D eigenvalue weighted by atomic mass is 32.1. The van der Waals surface area contributed by atoms with Gasteiger partial charge >= 0.3 is 5.97 Å². The average Bonchev–Trinajstić information content (AvgIpc) is 2.86. The van der Waals surface area contributed by atoms with Gasteiger partial charge in [-0.3, -0.25) is 9.59 Å². The largest absolute Gasteiger partial charge is 0.481 e. The molecule has 1 aromatic heterocycles. The first-order valence-electron chi connectivity index (χ1n) is 7.17. The average molecular weight is 311 g/mol. The fourth-order valence-corrected chi connectivity index (χ4v) is 3.47. The van der Waals surface area contributed by atoms with Gasteiger partial charge in [-0.05, 0) is 17.5 Å². The molecule has 0 fully saturated rings. The molecule has 0 atom stereocenters. The zero-order chi connectivity index (χ0) is 15.4. The molecule has 0 aromatic carbocycles. The number of hydrogen-bond acceptors (Lipinski definition) is 4. The standard InChI is InChI=1S/C15H21NO4S/c1-10(2)8-16(5-3-14(17)18)15(19)13-7-11-9-20-6-4-12(11)21-13/h7,10H,3-6,8-9H2,1-2H3,(H,17,18). The first kappa shape index (κ1) is 16.0. The van der Waals surface area contributed by atoms with E-state index >= 15 is 0 Å². The summed E-state index contributed by atoms with van der Waals surface area (Å²) >= 11 is 1.51. The van der Waals surface area contributed by atoms with Crippen molar-refractivity contribution in [1.29, 1.82) is 0 Å². The molecule has 0 unspecified atom stereocenters. The van der Waals surface area contributed by atoms with Crippen LogP contribution in [-0.2, 0) is 22.6 Å². The van der Waals surface area contributed by atoms with E-state index in [2.05, 4.69) is 0 Å². The number of thiophene rings is 1. The Kier molecular flexibility index (Phi) is 5.36. The van der Waals surface area contributed by atoms with Crippen molar-refractivity contribution in [3.05, 3.63) is 21.4 Å². The lowest BCUT2D eigenvalue weighted by atomic mass is 10.1. The van der Waals surface area contributed by atoms with E-state index in [1.165, 1.54) is 16.2 Å². The Labute approximate surface area is 128 Å². The molecule has 1 N–H and O–H groups in total. The summed E-state index contributed by atoms with van der Waals surface area (Å²) in [5, 5.41) is 8.83. The fraction of sp³-hybridized carbons (Fsp3) is 0.600. The summed E-state index contributed by atoms with van der Waals surface area (Å²) in [6.07, 6.45) is 0.833. The number of aliphatic carboxylic acids is 1. The van der Waals surface area contributed by atoms with E-state index in [0.717, 1.165) is 12.0 Å². The van der Waals surface area contributed by atoms with Crippen molar-refractivity contribution in [3.8, 4) is 0 Å². The smallest absolute Gasteiger partial charge is 0.305 e. The summed E-state index contributed by atoms with van der Waals surface area (Å²) in [6, 6.07) is 1.90. The van der Waals surface area contributed by atoms with Gasteiger partial charge in [-0.15, -0.1) is 11.3 Å². The maximum Gasteiger partial charge on any atom is 0.305 e. The molecular weight excluding hydrogens is 290 g/mol. The third-order valence-corrected chi connectivity index (χ3v) is 4.53. The third kappa shape index (κ3) is 4.28. The second kappa shape index (κ2) is 7.04. The number of amides is 1. The second-order valence-corrected chi connectivity index (χ2v) is 6.79. The third-order valence-electron chi connectivity index (χ3n) is 3.31. The van der Waals surface area contributed by atoms with Crippen molar-refractivity contribution in [2.24, 2.45) is 5.92 Å². The van der Waals surface area contributed by atoms with Gasteiger partial charge in [0.05, 0.1) is 24.5 Å². The molecule has 2 rings (SSSR count). The second-order valence-electron chi connectivity index (χ2n) is 5.65. The van der Waals surface area contributed by atoms with Gasteiger partial charge in [0.1, 0.15) is 0 Å². The number of hydrogen-bond donors (Lipinski definition) is 1. The van der Waals surface area contributed by atoms with E-state index in [9.17, 15) is 9.59 Å². The molecule has 0 radical (unpaired) electrons. The van der Waals surface area contributed by atoms with Crippen molar-refractivity contribution in [2.45, 2.75) is 33.3 Å². The number of ether oxygens (including phenoxy) is 1. The monoisotopic (exact) mass is 311 g/mol. The minimum Gasteiger partial charge on any atom is -0.481 e. The topological polar surface area (TPSA) is 66.8 Å². The van der Waals surface area contributed by atoms with Crippen molar-refractivity contribution < 1.29 is 19.4 Å². The Bertz CT molecular complexity index is 500. The van der Waals surface area contributed by atoms with E-state index in [-0.39, 0.29) is 18.9 Å². The zero-order valence-electron chi connectivity index (χ0n) is 12.4. The van der Waals surface area contributed by atoms with Gasteiger partial charge in [-0.25, -0.2) is 0 Å². The molecule has 6 heteroatoms. The molecule has 5 nitrogen and oxygen atoms in total. The molecule has 1 aliphatic rings. The van der Waals surface area contributed by atoms with E-state index in [4.69, 9.17) is 9.84 Å². The molecule has 1 aromatic rings. The normalized spacial score (nSPS) is 14.0. The van der Waals surface area contributed by atoms with Crippen LogP contribution >= 0.6 is 11.3 Å². The SMILES string of the molecule is CC(C)CN(CCC(=O)O)C(=O)c1cc2c(s1)CCOC2. The van der Waals surface area contributed by atoms with Gasteiger partial charge in [-0.2, -0.15) is 0 Å². The minimum absolute atomic E-state index is 0.0212. The van der Waals surface area contributed by atoms with Gasteiger partial charge < -0.3 is 14.7 Å². The summed E-state index contributed by atoms with van der Waals surface area (Å²) in [5.74, 6) is -0.638. The number of carbonyl (C=O) groups is 2. The Hall–Kier alpha value is -1.40. The molecule has 0 bridgehead atoms. The lowest BCUT2D eigenvalue weighted by molar-refractivity contribution is -0.137. The Morgan fingerprint density at radius 2 is 2.24 bits per heavy atom. The highest BCUT2D eigenvalue weighted by Crippen LogP contribution is 2.28. The first-order valence-corrected chi connectivity index (χ1v) is 7.99. The van der Waals surface area contributed by atoms with Gasteiger partial charge in [0.25, 0.3) is 5.91 Å². The Balaban J connectivity index is 2.12. The molecule has 0 saturated carbocycles. The summed E-state index contributed by atoms with van der Waals surface area (Å²) in [4.78, 5) is 26.9.